The van der Waals surface area contributed by atoms with Crippen molar-refractivity contribution in [3.63, 3.8) is 0 Å². The van der Waals surface area contributed by atoms with Crippen molar-refractivity contribution in [2.75, 3.05) is 5.32 Å². The van der Waals surface area contributed by atoms with Crippen molar-refractivity contribution >= 4 is 69.2 Å². The lowest BCUT2D eigenvalue weighted by Crippen LogP contribution is -2.08. The number of benzene rings is 2. The molecule has 0 fully saturated rings. The minimum atomic E-state index is -0.578. The molecule has 0 spiro atoms. The second-order valence-corrected chi connectivity index (χ2v) is 6.47. The van der Waals surface area contributed by atoms with Gasteiger partial charge < -0.3 is 5.32 Å². The lowest BCUT2D eigenvalue weighted by Gasteiger charge is -2.05. The number of carbonyl (C=O) groups excluding carboxylic acids is 1. The quantitative estimate of drug-likeness (QED) is 0.295. The summed E-state index contributed by atoms with van der Waals surface area (Å²) in [5.41, 5.74) is 0.767. The number of amides is 1. The lowest BCUT2D eigenvalue weighted by atomic mass is 10.2. The van der Waals surface area contributed by atoms with E-state index in [1.54, 1.807) is 18.2 Å². The van der Waals surface area contributed by atoms with Crippen molar-refractivity contribution in [2.24, 2.45) is 0 Å². The van der Waals surface area contributed by atoms with Crippen LogP contribution in [0.5, 0.6) is 0 Å². The molecule has 0 saturated carbocycles. The number of nitro groups is 1. The molecule has 0 aromatic heterocycles. The van der Waals surface area contributed by atoms with Crippen LogP contribution in [0.3, 0.4) is 0 Å². The van der Waals surface area contributed by atoms with E-state index in [0.29, 0.717) is 16.3 Å². The standard InChI is InChI=1S/C15H9Cl2IN2O3/c16-11-4-1-9(7-14(11)20(22)23)2-6-15(21)19-13-5-3-10(18)8-12(13)17/h1-8H,(H,19,21)/b6-2+. The van der Waals surface area contributed by atoms with E-state index in [1.165, 1.54) is 24.3 Å². The third-order valence-electron chi connectivity index (χ3n) is 2.78. The van der Waals surface area contributed by atoms with Gasteiger partial charge in [-0.3, -0.25) is 14.9 Å². The highest BCUT2D eigenvalue weighted by Crippen LogP contribution is 2.26. The van der Waals surface area contributed by atoms with Gasteiger partial charge in [-0.15, -0.1) is 0 Å². The van der Waals surface area contributed by atoms with Crippen LogP contribution < -0.4 is 5.32 Å². The molecule has 1 N–H and O–H groups in total. The summed E-state index contributed by atoms with van der Waals surface area (Å²) in [5.74, 6) is -0.397. The first-order valence-electron chi connectivity index (χ1n) is 6.25. The number of halogens is 3. The van der Waals surface area contributed by atoms with Gasteiger partial charge in [-0.2, -0.15) is 0 Å². The van der Waals surface area contributed by atoms with E-state index in [0.717, 1.165) is 3.57 Å². The SMILES string of the molecule is O=C(/C=C/c1ccc(Cl)c([N+](=O)[O-])c1)Nc1ccc(I)cc1Cl. The Hall–Kier alpha value is -1.64. The van der Waals surface area contributed by atoms with Crippen molar-refractivity contribution in [3.8, 4) is 0 Å². The molecule has 2 aromatic carbocycles. The van der Waals surface area contributed by atoms with Gasteiger partial charge in [-0.1, -0.05) is 29.3 Å². The zero-order valence-corrected chi connectivity index (χ0v) is 15.1. The Balaban J connectivity index is 2.12. The molecule has 0 aliphatic carbocycles. The summed E-state index contributed by atoms with van der Waals surface area (Å²) < 4.78 is 0.953. The van der Waals surface area contributed by atoms with Gasteiger partial charge >= 0.3 is 0 Å². The number of carbonyl (C=O) groups is 1. The number of hydrogen-bond donors (Lipinski definition) is 1. The number of rotatable bonds is 4. The summed E-state index contributed by atoms with van der Waals surface area (Å²) in [4.78, 5) is 22.1. The largest absolute Gasteiger partial charge is 0.321 e. The number of nitro benzene ring substituents is 1. The normalized spacial score (nSPS) is 10.7. The molecule has 5 nitrogen and oxygen atoms in total. The van der Waals surface area contributed by atoms with Gasteiger partial charge in [-0.05, 0) is 58.5 Å². The molecule has 0 aliphatic rings. The average molecular weight is 463 g/mol. The van der Waals surface area contributed by atoms with Crippen LogP contribution >= 0.6 is 45.8 Å². The highest BCUT2D eigenvalue weighted by atomic mass is 127. The minimum Gasteiger partial charge on any atom is -0.321 e. The van der Waals surface area contributed by atoms with E-state index >= 15 is 0 Å². The van der Waals surface area contributed by atoms with E-state index < -0.39 is 10.8 Å². The summed E-state index contributed by atoms with van der Waals surface area (Å²) in [7, 11) is 0. The van der Waals surface area contributed by atoms with E-state index in [9.17, 15) is 14.9 Å². The van der Waals surface area contributed by atoms with Crippen LogP contribution in [0.2, 0.25) is 10.0 Å². The van der Waals surface area contributed by atoms with Crippen LogP contribution in [0.1, 0.15) is 5.56 Å². The summed E-state index contributed by atoms with van der Waals surface area (Å²) in [5, 5.41) is 13.9. The Labute approximate surface area is 155 Å². The fourth-order valence-electron chi connectivity index (χ4n) is 1.71. The Kier molecular flexibility index (Phi) is 5.97. The first-order valence-corrected chi connectivity index (χ1v) is 8.08. The van der Waals surface area contributed by atoms with Crippen LogP contribution in [0.25, 0.3) is 6.08 Å². The summed E-state index contributed by atoms with van der Waals surface area (Å²) in [6, 6.07) is 9.52. The van der Waals surface area contributed by atoms with Crippen molar-refractivity contribution in [3.05, 3.63) is 71.8 Å². The third kappa shape index (κ3) is 4.92. The van der Waals surface area contributed by atoms with Gasteiger partial charge in [0.1, 0.15) is 5.02 Å². The molecule has 0 saturated heterocycles. The zero-order chi connectivity index (χ0) is 17.0. The lowest BCUT2D eigenvalue weighted by molar-refractivity contribution is -0.384. The smallest absolute Gasteiger partial charge is 0.288 e. The van der Waals surface area contributed by atoms with Crippen LogP contribution in [0, 0.1) is 13.7 Å². The predicted octanol–water partition coefficient (Wildman–Crippen LogP) is 5.16. The number of nitrogens with zero attached hydrogens (tertiary/aromatic N) is 1. The number of hydrogen-bond acceptors (Lipinski definition) is 3. The molecular weight excluding hydrogens is 454 g/mol. The molecule has 0 atom stereocenters. The van der Waals surface area contributed by atoms with Gasteiger partial charge in [0, 0.05) is 15.7 Å². The minimum absolute atomic E-state index is 0.0438. The maximum Gasteiger partial charge on any atom is 0.288 e. The summed E-state index contributed by atoms with van der Waals surface area (Å²) in [6.07, 6.45) is 2.72. The summed E-state index contributed by atoms with van der Waals surface area (Å²) in [6.45, 7) is 0. The fourth-order valence-corrected chi connectivity index (χ4v) is 2.80. The van der Waals surface area contributed by atoms with E-state index in [2.05, 4.69) is 27.9 Å². The van der Waals surface area contributed by atoms with E-state index in [-0.39, 0.29) is 10.7 Å². The van der Waals surface area contributed by atoms with Crippen LogP contribution in [-0.4, -0.2) is 10.8 Å². The maximum absolute atomic E-state index is 11.9. The molecular formula is C15H9Cl2IN2O3. The highest BCUT2D eigenvalue weighted by molar-refractivity contribution is 14.1. The Morgan fingerprint density at radius 2 is 1.91 bits per heavy atom. The highest BCUT2D eigenvalue weighted by Gasteiger charge is 2.11. The second kappa shape index (κ2) is 7.76. The molecule has 0 radical (unpaired) electrons. The molecule has 2 aromatic rings. The maximum atomic E-state index is 11.9. The summed E-state index contributed by atoms with van der Waals surface area (Å²) >= 11 is 13.9. The van der Waals surface area contributed by atoms with Gasteiger partial charge in [-0.25, -0.2) is 0 Å². The number of nitrogens with one attached hydrogen (secondary N) is 1. The molecule has 1 amide bonds. The first-order chi connectivity index (χ1) is 10.9. The molecule has 0 unspecified atom stereocenters. The zero-order valence-electron chi connectivity index (χ0n) is 11.4. The van der Waals surface area contributed by atoms with Crippen LogP contribution in [-0.2, 0) is 4.79 Å². The monoisotopic (exact) mass is 462 g/mol. The molecule has 0 aliphatic heterocycles. The van der Waals surface area contributed by atoms with Gasteiger partial charge in [0.25, 0.3) is 5.69 Å². The first kappa shape index (κ1) is 17.7. The molecule has 8 heteroatoms. The third-order valence-corrected chi connectivity index (χ3v) is 4.09. The van der Waals surface area contributed by atoms with Gasteiger partial charge in [0.2, 0.25) is 5.91 Å². The number of anilines is 1. The predicted molar refractivity (Wildman–Crippen MR) is 99.9 cm³/mol. The fraction of sp³-hybridized carbons (Fsp3) is 0. The molecule has 118 valence electrons. The average Bonchev–Trinajstić information content (AvgIpc) is 2.49. The van der Waals surface area contributed by atoms with Crippen molar-refractivity contribution in [2.45, 2.75) is 0 Å². The molecule has 23 heavy (non-hydrogen) atoms. The van der Waals surface area contributed by atoms with Crippen LogP contribution in [0.4, 0.5) is 11.4 Å². The molecule has 0 heterocycles. The topological polar surface area (TPSA) is 72.2 Å². The van der Waals surface area contributed by atoms with Gasteiger partial charge in [0.05, 0.1) is 15.6 Å². The van der Waals surface area contributed by atoms with Crippen molar-refractivity contribution < 1.29 is 9.72 Å². The van der Waals surface area contributed by atoms with E-state index in [4.69, 9.17) is 23.2 Å². The Bertz CT molecular complexity index is 809. The Morgan fingerprint density at radius 3 is 2.57 bits per heavy atom. The van der Waals surface area contributed by atoms with Crippen molar-refractivity contribution in [1.29, 1.82) is 0 Å². The van der Waals surface area contributed by atoms with Crippen LogP contribution in [0.15, 0.2) is 42.5 Å². The van der Waals surface area contributed by atoms with E-state index in [1.807, 2.05) is 6.07 Å². The van der Waals surface area contributed by atoms with Crippen molar-refractivity contribution in [1.82, 2.24) is 0 Å². The molecule has 2 rings (SSSR count). The van der Waals surface area contributed by atoms with Gasteiger partial charge in [0.15, 0.2) is 0 Å². The molecule has 0 bridgehead atoms. The Morgan fingerprint density at radius 1 is 1.17 bits per heavy atom. The second-order valence-electron chi connectivity index (χ2n) is 4.41.